The van der Waals surface area contributed by atoms with Crippen LogP contribution in [0, 0.1) is 5.82 Å². The molecule has 3 heteroatoms. The minimum atomic E-state index is -0.278. The average molecular weight is 221 g/mol. The largest absolute Gasteiger partial charge is 0.364 e. The Labute approximate surface area is 94.8 Å². The Morgan fingerprint density at radius 3 is 3.12 bits per heavy atom. The van der Waals surface area contributed by atoms with Crippen molar-refractivity contribution >= 4 is 0 Å². The maximum atomic E-state index is 13.1. The molecule has 0 radical (unpaired) electrons. The molecule has 86 valence electrons. The van der Waals surface area contributed by atoms with E-state index >= 15 is 0 Å². The van der Waals surface area contributed by atoms with Gasteiger partial charge in [0, 0.05) is 6.04 Å². The van der Waals surface area contributed by atoms with Crippen molar-refractivity contribution in [1.29, 1.82) is 0 Å². The average Bonchev–Trinajstić information content (AvgIpc) is 2.87. The van der Waals surface area contributed by atoms with E-state index in [1.807, 2.05) is 6.07 Å². The van der Waals surface area contributed by atoms with Crippen molar-refractivity contribution < 1.29 is 9.13 Å². The van der Waals surface area contributed by atoms with Gasteiger partial charge in [-0.2, -0.15) is 0 Å². The summed E-state index contributed by atoms with van der Waals surface area (Å²) in [6.45, 7) is 3.70. The molecule has 1 saturated heterocycles. The lowest BCUT2D eigenvalue weighted by atomic mass is 9.86. The molecule has 0 saturated carbocycles. The Morgan fingerprint density at radius 2 is 2.38 bits per heavy atom. The summed E-state index contributed by atoms with van der Waals surface area (Å²) in [5, 5.41) is 3.48. The van der Waals surface area contributed by atoms with Crippen LogP contribution in [0.1, 0.15) is 30.9 Å². The second-order valence-electron chi connectivity index (χ2n) is 4.85. The number of halogens is 1. The molecule has 0 bridgehead atoms. The molecular formula is C13H16FNO. The van der Waals surface area contributed by atoms with Gasteiger partial charge in [0.05, 0.1) is 6.61 Å². The first kappa shape index (κ1) is 10.2. The normalized spacial score (nSPS) is 33.0. The Kier molecular flexibility index (Phi) is 2.26. The maximum absolute atomic E-state index is 13.1. The predicted octanol–water partition coefficient (Wildman–Crippen LogP) is 2.32. The number of nitrogens with one attached hydrogen (secondary N) is 1. The van der Waals surface area contributed by atoms with Gasteiger partial charge < -0.3 is 10.1 Å². The molecule has 1 aromatic rings. The lowest BCUT2D eigenvalue weighted by molar-refractivity contribution is -0.0471. The van der Waals surface area contributed by atoms with Gasteiger partial charge in [0.15, 0.2) is 0 Å². The molecule has 2 heterocycles. The monoisotopic (exact) mass is 221 g/mol. The zero-order valence-corrected chi connectivity index (χ0v) is 9.42. The third-order valence-electron chi connectivity index (χ3n) is 3.85. The van der Waals surface area contributed by atoms with E-state index in [2.05, 4.69) is 12.2 Å². The molecule has 1 aromatic carbocycles. The summed E-state index contributed by atoms with van der Waals surface area (Å²) in [5.41, 5.74) is 1.86. The van der Waals surface area contributed by atoms with Crippen molar-refractivity contribution in [2.75, 3.05) is 6.54 Å². The van der Waals surface area contributed by atoms with Crippen LogP contribution in [0.5, 0.6) is 0 Å². The summed E-state index contributed by atoms with van der Waals surface area (Å²) in [5.74, 6) is -0.175. The van der Waals surface area contributed by atoms with Crippen LogP contribution in [-0.4, -0.2) is 12.6 Å². The standard InChI is InChI=1S/C13H16FNO/c1-13(12-3-2-6-15-12)11-5-4-10(14)7-9(11)8-16-13/h4-5,7,12,15H,2-3,6,8H2,1H3/t12-,13+/m1/s1. The smallest absolute Gasteiger partial charge is 0.123 e. The highest BCUT2D eigenvalue weighted by Crippen LogP contribution is 2.41. The topological polar surface area (TPSA) is 21.3 Å². The number of ether oxygens (including phenoxy) is 1. The van der Waals surface area contributed by atoms with Gasteiger partial charge in [-0.15, -0.1) is 0 Å². The van der Waals surface area contributed by atoms with Crippen LogP contribution in [0.3, 0.4) is 0 Å². The fourth-order valence-electron chi connectivity index (χ4n) is 2.91. The molecule has 2 atom stereocenters. The van der Waals surface area contributed by atoms with E-state index in [1.54, 1.807) is 6.07 Å². The van der Waals surface area contributed by atoms with Crippen molar-refractivity contribution in [1.82, 2.24) is 5.32 Å². The molecule has 0 aliphatic carbocycles. The van der Waals surface area contributed by atoms with Crippen LogP contribution in [0.4, 0.5) is 4.39 Å². The number of rotatable bonds is 1. The Bertz CT molecular complexity index is 414. The van der Waals surface area contributed by atoms with E-state index in [1.165, 1.54) is 12.5 Å². The lowest BCUT2D eigenvalue weighted by Crippen LogP contribution is -2.42. The van der Waals surface area contributed by atoms with Crippen LogP contribution < -0.4 is 5.32 Å². The minimum absolute atomic E-state index is 0.175. The first-order valence-electron chi connectivity index (χ1n) is 5.86. The van der Waals surface area contributed by atoms with Crippen LogP contribution in [0.15, 0.2) is 18.2 Å². The zero-order chi connectivity index (χ0) is 11.2. The van der Waals surface area contributed by atoms with E-state index in [-0.39, 0.29) is 11.4 Å². The van der Waals surface area contributed by atoms with Gasteiger partial charge in [-0.3, -0.25) is 0 Å². The number of hydrogen-bond acceptors (Lipinski definition) is 2. The van der Waals surface area contributed by atoms with Gasteiger partial charge in [-0.05, 0) is 49.6 Å². The first-order valence-corrected chi connectivity index (χ1v) is 5.86. The zero-order valence-electron chi connectivity index (χ0n) is 9.42. The molecule has 0 unspecified atom stereocenters. The SMILES string of the molecule is C[C@]1([C@H]2CCCN2)OCc2cc(F)ccc21. The van der Waals surface area contributed by atoms with Crippen LogP contribution >= 0.6 is 0 Å². The highest BCUT2D eigenvalue weighted by atomic mass is 19.1. The summed E-state index contributed by atoms with van der Waals surface area (Å²) in [7, 11) is 0. The van der Waals surface area contributed by atoms with Gasteiger partial charge in [0.1, 0.15) is 11.4 Å². The van der Waals surface area contributed by atoms with Crippen LogP contribution in [0.25, 0.3) is 0 Å². The van der Waals surface area contributed by atoms with Crippen LogP contribution in [-0.2, 0) is 16.9 Å². The molecule has 1 N–H and O–H groups in total. The van der Waals surface area contributed by atoms with Gasteiger partial charge in [-0.25, -0.2) is 4.39 Å². The Morgan fingerprint density at radius 1 is 1.50 bits per heavy atom. The van der Waals surface area contributed by atoms with Gasteiger partial charge >= 0.3 is 0 Å². The molecule has 0 aromatic heterocycles. The van der Waals surface area contributed by atoms with Crippen molar-refractivity contribution in [3.63, 3.8) is 0 Å². The number of fused-ring (bicyclic) bond motifs is 1. The quantitative estimate of drug-likeness (QED) is 0.785. The van der Waals surface area contributed by atoms with E-state index in [9.17, 15) is 4.39 Å². The van der Waals surface area contributed by atoms with Crippen molar-refractivity contribution in [3.8, 4) is 0 Å². The van der Waals surface area contributed by atoms with Crippen molar-refractivity contribution in [3.05, 3.63) is 35.1 Å². The molecule has 2 aliphatic heterocycles. The molecule has 2 nitrogen and oxygen atoms in total. The Balaban J connectivity index is 2.00. The molecule has 16 heavy (non-hydrogen) atoms. The van der Waals surface area contributed by atoms with Crippen molar-refractivity contribution in [2.45, 2.75) is 38.0 Å². The Hall–Kier alpha value is -0.930. The fraction of sp³-hybridized carbons (Fsp3) is 0.538. The number of hydrogen-bond donors (Lipinski definition) is 1. The van der Waals surface area contributed by atoms with Gasteiger partial charge in [-0.1, -0.05) is 6.07 Å². The summed E-state index contributed by atoms with van der Waals surface area (Å²) in [4.78, 5) is 0. The lowest BCUT2D eigenvalue weighted by Gasteiger charge is -2.31. The highest BCUT2D eigenvalue weighted by Gasteiger charge is 2.43. The highest BCUT2D eigenvalue weighted by molar-refractivity contribution is 5.37. The van der Waals surface area contributed by atoms with Gasteiger partial charge in [0.2, 0.25) is 0 Å². The summed E-state index contributed by atoms with van der Waals surface area (Å²) in [6.07, 6.45) is 2.33. The molecule has 3 rings (SSSR count). The van der Waals surface area contributed by atoms with E-state index < -0.39 is 0 Å². The number of benzene rings is 1. The first-order chi connectivity index (χ1) is 7.70. The molecule has 0 spiro atoms. The minimum Gasteiger partial charge on any atom is -0.364 e. The van der Waals surface area contributed by atoms with E-state index in [4.69, 9.17) is 4.74 Å². The predicted molar refractivity (Wildman–Crippen MR) is 59.6 cm³/mol. The van der Waals surface area contributed by atoms with E-state index in [0.717, 1.165) is 24.1 Å². The van der Waals surface area contributed by atoms with Gasteiger partial charge in [0.25, 0.3) is 0 Å². The second-order valence-corrected chi connectivity index (χ2v) is 4.85. The third kappa shape index (κ3) is 1.39. The summed E-state index contributed by atoms with van der Waals surface area (Å²) in [6, 6.07) is 5.35. The maximum Gasteiger partial charge on any atom is 0.123 e. The van der Waals surface area contributed by atoms with E-state index in [0.29, 0.717) is 12.6 Å². The van der Waals surface area contributed by atoms with Crippen LogP contribution in [0.2, 0.25) is 0 Å². The summed E-state index contributed by atoms with van der Waals surface area (Å²) < 4.78 is 19.0. The fourth-order valence-corrected chi connectivity index (χ4v) is 2.91. The molecule has 1 fully saturated rings. The van der Waals surface area contributed by atoms with Crippen molar-refractivity contribution in [2.24, 2.45) is 0 Å². The molecular weight excluding hydrogens is 205 g/mol. The third-order valence-corrected chi connectivity index (χ3v) is 3.85. The molecule has 0 amide bonds. The second kappa shape index (κ2) is 3.54. The summed E-state index contributed by atoms with van der Waals surface area (Å²) >= 11 is 0. The molecule has 2 aliphatic rings.